The normalized spacial score (nSPS) is 28.2. The van der Waals surface area contributed by atoms with E-state index in [2.05, 4.69) is 56.2 Å². The standard InChI is InChI=1S/C21H41N3/c1-19(2,3)23-13-9-21(10-14-23)7-11-22(12-8-21)15-18-16-24(17-18)20(4,5)6/h18H,7-17H2,1-6H3. The highest BCUT2D eigenvalue weighted by atomic mass is 15.3. The molecule has 1 spiro atoms. The van der Waals surface area contributed by atoms with Gasteiger partial charge in [-0.25, -0.2) is 0 Å². The molecule has 0 aliphatic carbocycles. The predicted molar refractivity (Wildman–Crippen MR) is 103 cm³/mol. The van der Waals surface area contributed by atoms with Gasteiger partial charge >= 0.3 is 0 Å². The average Bonchev–Trinajstić information content (AvgIpc) is 2.42. The Bertz CT molecular complexity index is 407. The minimum Gasteiger partial charge on any atom is -0.303 e. The Morgan fingerprint density at radius 1 is 0.708 bits per heavy atom. The monoisotopic (exact) mass is 335 g/mol. The second-order valence-electron chi connectivity index (χ2n) is 10.9. The molecule has 3 rings (SSSR count). The summed E-state index contributed by atoms with van der Waals surface area (Å²) in [5.41, 5.74) is 1.39. The van der Waals surface area contributed by atoms with Crippen LogP contribution in [0.1, 0.15) is 67.2 Å². The van der Waals surface area contributed by atoms with Crippen molar-refractivity contribution in [2.45, 2.75) is 78.3 Å². The molecule has 3 heteroatoms. The summed E-state index contributed by atoms with van der Waals surface area (Å²) in [7, 11) is 0. The SMILES string of the molecule is CC(C)(C)N1CCC2(CCN(CC3CN(C(C)(C)C)C3)CC2)CC1. The molecular weight excluding hydrogens is 294 g/mol. The minimum atomic E-state index is 0.353. The van der Waals surface area contributed by atoms with E-state index < -0.39 is 0 Å². The third-order valence-electron chi connectivity index (χ3n) is 7.11. The van der Waals surface area contributed by atoms with E-state index in [0.717, 1.165) is 5.92 Å². The Kier molecular flexibility index (Phi) is 5.10. The Balaban J connectivity index is 1.40. The number of rotatable bonds is 2. The first-order chi connectivity index (χ1) is 11.1. The van der Waals surface area contributed by atoms with Gasteiger partial charge in [-0.2, -0.15) is 0 Å². The maximum atomic E-state index is 2.77. The van der Waals surface area contributed by atoms with Gasteiger partial charge in [-0.1, -0.05) is 0 Å². The van der Waals surface area contributed by atoms with Gasteiger partial charge in [-0.15, -0.1) is 0 Å². The maximum absolute atomic E-state index is 2.77. The molecule has 24 heavy (non-hydrogen) atoms. The van der Waals surface area contributed by atoms with Gasteiger partial charge in [0.25, 0.3) is 0 Å². The quantitative estimate of drug-likeness (QED) is 0.762. The first-order valence-electron chi connectivity index (χ1n) is 10.3. The maximum Gasteiger partial charge on any atom is 0.0125 e. The Hall–Kier alpha value is -0.120. The van der Waals surface area contributed by atoms with Crippen LogP contribution in [0.15, 0.2) is 0 Å². The fourth-order valence-electron chi connectivity index (χ4n) is 4.96. The molecule has 0 amide bonds. The lowest BCUT2D eigenvalue weighted by Crippen LogP contribution is -2.59. The highest BCUT2D eigenvalue weighted by Gasteiger charge is 2.41. The van der Waals surface area contributed by atoms with Crippen LogP contribution >= 0.6 is 0 Å². The summed E-state index contributed by atoms with van der Waals surface area (Å²) in [6, 6.07) is 0. The first-order valence-corrected chi connectivity index (χ1v) is 10.3. The topological polar surface area (TPSA) is 9.72 Å². The van der Waals surface area contributed by atoms with Crippen molar-refractivity contribution >= 4 is 0 Å². The van der Waals surface area contributed by atoms with E-state index in [-0.39, 0.29) is 0 Å². The van der Waals surface area contributed by atoms with E-state index in [1.807, 2.05) is 0 Å². The van der Waals surface area contributed by atoms with Crippen molar-refractivity contribution in [1.82, 2.24) is 14.7 Å². The average molecular weight is 336 g/mol. The van der Waals surface area contributed by atoms with E-state index in [1.165, 1.54) is 71.5 Å². The van der Waals surface area contributed by atoms with Gasteiger partial charge in [-0.05, 0) is 105 Å². The summed E-state index contributed by atoms with van der Waals surface area (Å²) in [4.78, 5) is 8.09. The number of hydrogen-bond acceptors (Lipinski definition) is 3. The summed E-state index contributed by atoms with van der Waals surface area (Å²) < 4.78 is 0. The molecule has 3 aliphatic heterocycles. The predicted octanol–water partition coefficient (Wildman–Crippen LogP) is 3.69. The van der Waals surface area contributed by atoms with Crippen molar-refractivity contribution in [1.29, 1.82) is 0 Å². The van der Waals surface area contributed by atoms with Gasteiger partial charge in [0, 0.05) is 30.7 Å². The molecule has 3 heterocycles. The highest BCUT2D eigenvalue weighted by Crippen LogP contribution is 2.42. The van der Waals surface area contributed by atoms with Crippen LogP contribution in [0, 0.1) is 11.3 Å². The zero-order valence-electron chi connectivity index (χ0n) is 17.2. The summed E-state index contributed by atoms with van der Waals surface area (Å²) >= 11 is 0. The zero-order valence-corrected chi connectivity index (χ0v) is 17.2. The molecule has 0 saturated carbocycles. The molecule has 3 saturated heterocycles. The van der Waals surface area contributed by atoms with Crippen LogP contribution < -0.4 is 0 Å². The van der Waals surface area contributed by atoms with Crippen molar-refractivity contribution in [3.05, 3.63) is 0 Å². The van der Waals surface area contributed by atoms with E-state index in [0.29, 0.717) is 16.5 Å². The summed E-state index contributed by atoms with van der Waals surface area (Å²) in [6.07, 6.45) is 5.75. The fourth-order valence-corrected chi connectivity index (χ4v) is 4.96. The molecule has 0 N–H and O–H groups in total. The molecule has 0 unspecified atom stereocenters. The van der Waals surface area contributed by atoms with Crippen molar-refractivity contribution in [2.75, 3.05) is 45.8 Å². The largest absolute Gasteiger partial charge is 0.303 e. The summed E-state index contributed by atoms with van der Waals surface area (Å²) in [5.74, 6) is 0.918. The van der Waals surface area contributed by atoms with Crippen molar-refractivity contribution < 1.29 is 0 Å². The lowest BCUT2D eigenvalue weighted by Gasteiger charge is -2.52. The van der Waals surface area contributed by atoms with E-state index >= 15 is 0 Å². The molecule has 3 aliphatic rings. The van der Waals surface area contributed by atoms with Crippen molar-refractivity contribution in [3.63, 3.8) is 0 Å². The molecular formula is C21H41N3. The molecule has 0 aromatic heterocycles. The van der Waals surface area contributed by atoms with Crippen LogP contribution in [0.4, 0.5) is 0 Å². The van der Waals surface area contributed by atoms with Gasteiger partial charge in [0.2, 0.25) is 0 Å². The highest BCUT2D eigenvalue weighted by molar-refractivity contribution is 4.95. The lowest BCUT2D eigenvalue weighted by molar-refractivity contribution is -0.0265. The number of hydrogen-bond donors (Lipinski definition) is 0. The van der Waals surface area contributed by atoms with Gasteiger partial charge in [0.15, 0.2) is 0 Å². The number of likely N-dealkylation sites (tertiary alicyclic amines) is 3. The molecule has 0 aromatic rings. The Labute approximate surface area is 150 Å². The van der Waals surface area contributed by atoms with Crippen molar-refractivity contribution in [2.24, 2.45) is 11.3 Å². The third kappa shape index (κ3) is 4.16. The Morgan fingerprint density at radius 3 is 1.62 bits per heavy atom. The molecule has 3 fully saturated rings. The van der Waals surface area contributed by atoms with E-state index in [9.17, 15) is 0 Å². The first kappa shape index (κ1) is 18.7. The number of nitrogens with zero attached hydrogens (tertiary/aromatic N) is 3. The van der Waals surface area contributed by atoms with Crippen LogP contribution in [0.3, 0.4) is 0 Å². The van der Waals surface area contributed by atoms with E-state index in [4.69, 9.17) is 0 Å². The van der Waals surface area contributed by atoms with Crippen LogP contribution in [0.5, 0.6) is 0 Å². The Morgan fingerprint density at radius 2 is 1.17 bits per heavy atom. The summed E-state index contributed by atoms with van der Waals surface area (Å²) in [5, 5.41) is 0. The van der Waals surface area contributed by atoms with Gasteiger partial charge in [-0.3, -0.25) is 9.80 Å². The van der Waals surface area contributed by atoms with Gasteiger partial charge in [0.05, 0.1) is 0 Å². The fraction of sp³-hybridized carbons (Fsp3) is 1.00. The second kappa shape index (κ2) is 6.55. The minimum absolute atomic E-state index is 0.353. The van der Waals surface area contributed by atoms with Gasteiger partial charge in [0.1, 0.15) is 0 Å². The van der Waals surface area contributed by atoms with Crippen LogP contribution in [-0.4, -0.2) is 71.6 Å². The van der Waals surface area contributed by atoms with E-state index in [1.54, 1.807) is 0 Å². The smallest absolute Gasteiger partial charge is 0.0125 e. The lowest BCUT2D eigenvalue weighted by atomic mass is 9.70. The zero-order chi connectivity index (χ0) is 17.6. The number of piperidine rings is 2. The second-order valence-corrected chi connectivity index (χ2v) is 10.9. The molecule has 0 radical (unpaired) electrons. The third-order valence-corrected chi connectivity index (χ3v) is 7.11. The van der Waals surface area contributed by atoms with Crippen LogP contribution in [0.25, 0.3) is 0 Å². The molecule has 0 aromatic carbocycles. The van der Waals surface area contributed by atoms with Gasteiger partial charge < -0.3 is 4.90 Å². The molecule has 0 bridgehead atoms. The molecule has 140 valence electrons. The van der Waals surface area contributed by atoms with Crippen LogP contribution in [0.2, 0.25) is 0 Å². The molecule has 0 atom stereocenters. The van der Waals surface area contributed by atoms with Crippen LogP contribution in [-0.2, 0) is 0 Å². The molecule has 3 nitrogen and oxygen atoms in total. The summed E-state index contributed by atoms with van der Waals surface area (Å²) in [6.45, 7) is 23.4. The van der Waals surface area contributed by atoms with Crippen molar-refractivity contribution in [3.8, 4) is 0 Å².